The van der Waals surface area contributed by atoms with Gasteiger partial charge in [0.15, 0.2) is 0 Å². The van der Waals surface area contributed by atoms with Crippen molar-refractivity contribution < 1.29 is 13.2 Å². The van der Waals surface area contributed by atoms with Gasteiger partial charge in [0.2, 0.25) is 0 Å². The fourth-order valence-corrected chi connectivity index (χ4v) is 3.54. The SMILES string of the molecule is COc1ccccc1NS(=O)(=O)c1cc(Br)cnc1Cl. The first-order valence-electron chi connectivity index (χ1n) is 5.41. The van der Waals surface area contributed by atoms with Crippen LogP contribution in [-0.2, 0) is 10.0 Å². The molecule has 106 valence electrons. The van der Waals surface area contributed by atoms with Gasteiger partial charge in [0.25, 0.3) is 10.0 Å². The average molecular weight is 378 g/mol. The Labute approximate surface area is 130 Å². The Balaban J connectivity index is 2.43. The van der Waals surface area contributed by atoms with Crippen LogP contribution in [0.15, 0.2) is 45.9 Å². The second-order valence-corrected chi connectivity index (χ2v) is 6.67. The van der Waals surface area contributed by atoms with Crippen LogP contribution in [0.1, 0.15) is 0 Å². The number of hydrogen-bond donors (Lipinski definition) is 1. The molecule has 1 aromatic heterocycles. The van der Waals surface area contributed by atoms with Crippen LogP contribution >= 0.6 is 27.5 Å². The fourth-order valence-electron chi connectivity index (χ4n) is 1.52. The Kier molecular flexibility index (Phi) is 4.52. The number of benzene rings is 1. The molecular formula is C12H10BrClN2O3S. The van der Waals surface area contributed by atoms with Crippen molar-refractivity contribution in [3.63, 3.8) is 0 Å². The lowest BCUT2D eigenvalue weighted by molar-refractivity contribution is 0.417. The van der Waals surface area contributed by atoms with Crippen molar-refractivity contribution in [3.05, 3.63) is 46.2 Å². The summed E-state index contributed by atoms with van der Waals surface area (Å²) >= 11 is 9.00. The molecule has 8 heteroatoms. The molecule has 0 bridgehead atoms. The third kappa shape index (κ3) is 3.23. The summed E-state index contributed by atoms with van der Waals surface area (Å²) in [5.41, 5.74) is 0.325. The highest BCUT2D eigenvalue weighted by molar-refractivity contribution is 9.10. The van der Waals surface area contributed by atoms with Gasteiger partial charge >= 0.3 is 0 Å². The highest BCUT2D eigenvalue weighted by atomic mass is 79.9. The lowest BCUT2D eigenvalue weighted by Crippen LogP contribution is -2.14. The van der Waals surface area contributed by atoms with Gasteiger partial charge in [-0.25, -0.2) is 13.4 Å². The van der Waals surface area contributed by atoms with Gasteiger partial charge in [-0.05, 0) is 34.1 Å². The summed E-state index contributed by atoms with van der Waals surface area (Å²) in [6, 6.07) is 8.06. The Bertz CT molecular complexity index is 737. The van der Waals surface area contributed by atoms with Crippen molar-refractivity contribution in [3.8, 4) is 5.75 Å². The average Bonchev–Trinajstić information content (AvgIpc) is 2.41. The van der Waals surface area contributed by atoms with E-state index in [1.165, 1.54) is 19.4 Å². The second kappa shape index (κ2) is 5.99. The van der Waals surface area contributed by atoms with E-state index in [9.17, 15) is 8.42 Å². The van der Waals surface area contributed by atoms with Crippen LogP contribution in [0.5, 0.6) is 5.75 Å². The van der Waals surface area contributed by atoms with E-state index in [0.29, 0.717) is 15.9 Å². The van der Waals surface area contributed by atoms with E-state index in [4.69, 9.17) is 16.3 Å². The molecule has 0 saturated heterocycles. The molecule has 0 spiro atoms. The molecule has 0 radical (unpaired) electrons. The minimum Gasteiger partial charge on any atom is -0.495 e. The van der Waals surface area contributed by atoms with Gasteiger partial charge in [-0.2, -0.15) is 0 Å². The summed E-state index contributed by atoms with van der Waals surface area (Å²) in [5, 5.41) is -0.101. The Morgan fingerprint density at radius 1 is 1.35 bits per heavy atom. The second-order valence-electron chi connectivity index (χ2n) is 3.75. The van der Waals surface area contributed by atoms with Crippen molar-refractivity contribution in [2.45, 2.75) is 4.90 Å². The number of halogens is 2. The van der Waals surface area contributed by atoms with Crippen LogP contribution in [0.25, 0.3) is 0 Å². The summed E-state index contributed by atoms with van der Waals surface area (Å²) in [5.74, 6) is 0.412. The lowest BCUT2D eigenvalue weighted by atomic mass is 10.3. The molecule has 20 heavy (non-hydrogen) atoms. The molecular weight excluding hydrogens is 368 g/mol. The highest BCUT2D eigenvalue weighted by Crippen LogP contribution is 2.29. The van der Waals surface area contributed by atoms with Gasteiger partial charge in [-0.15, -0.1) is 0 Å². The number of hydrogen-bond acceptors (Lipinski definition) is 4. The van der Waals surface area contributed by atoms with E-state index in [0.717, 1.165) is 0 Å². The van der Waals surface area contributed by atoms with Crippen molar-refractivity contribution in [1.82, 2.24) is 4.98 Å². The van der Waals surface area contributed by atoms with Crippen LogP contribution < -0.4 is 9.46 Å². The van der Waals surface area contributed by atoms with Gasteiger partial charge in [-0.3, -0.25) is 4.72 Å². The largest absolute Gasteiger partial charge is 0.495 e. The number of sulfonamides is 1. The third-order valence-corrected chi connectivity index (χ3v) is 4.64. The molecule has 1 N–H and O–H groups in total. The maximum Gasteiger partial charge on any atom is 0.265 e. The molecule has 5 nitrogen and oxygen atoms in total. The normalized spacial score (nSPS) is 11.2. The van der Waals surface area contributed by atoms with E-state index >= 15 is 0 Å². The number of anilines is 1. The maximum absolute atomic E-state index is 12.3. The van der Waals surface area contributed by atoms with Crippen LogP contribution in [0.4, 0.5) is 5.69 Å². The van der Waals surface area contributed by atoms with Gasteiger partial charge < -0.3 is 4.74 Å². The van der Waals surface area contributed by atoms with Gasteiger partial charge in [-0.1, -0.05) is 23.7 Å². The Morgan fingerprint density at radius 3 is 2.75 bits per heavy atom. The van der Waals surface area contributed by atoms with Gasteiger partial charge in [0.05, 0.1) is 12.8 Å². The highest BCUT2D eigenvalue weighted by Gasteiger charge is 2.20. The van der Waals surface area contributed by atoms with Crippen molar-refractivity contribution in [1.29, 1.82) is 0 Å². The summed E-state index contributed by atoms with van der Waals surface area (Å²) < 4.78 is 32.7. The zero-order valence-corrected chi connectivity index (χ0v) is 13.5. The predicted octanol–water partition coefficient (Wildman–Crippen LogP) is 3.31. The smallest absolute Gasteiger partial charge is 0.265 e. The third-order valence-electron chi connectivity index (χ3n) is 2.41. The summed E-state index contributed by atoms with van der Waals surface area (Å²) in [6.07, 6.45) is 1.42. The number of nitrogens with zero attached hydrogens (tertiary/aromatic N) is 1. The van der Waals surface area contributed by atoms with E-state index in [-0.39, 0.29) is 10.0 Å². The van der Waals surface area contributed by atoms with Crippen LogP contribution in [-0.4, -0.2) is 20.5 Å². The van der Waals surface area contributed by atoms with Crippen LogP contribution in [0.3, 0.4) is 0 Å². The Hall–Kier alpha value is -1.31. The zero-order valence-electron chi connectivity index (χ0n) is 10.3. The fraction of sp³-hybridized carbons (Fsp3) is 0.0833. The molecule has 1 heterocycles. The van der Waals surface area contributed by atoms with E-state index in [1.54, 1.807) is 24.3 Å². The number of methoxy groups -OCH3 is 1. The number of rotatable bonds is 4. The van der Waals surface area contributed by atoms with E-state index < -0.39 is 10.0 Å². The molecule has 0 unspecified atom stereocenters. The van der Waals surface area contributed by atoms with Gasteiger partial charge in [0, 0.05) is 10.7 Å². The topological polar surface area (TPSA) is 68.3 Å². The molecule has 2 rings (SSSR count). The quantitative estimate of drug-likeness (QED) is 0.830. The van der Waals surface area contributed by atoms with Crippen molar-refractivity contribution in [2.75, 3.05) is 11.8 Å². The Morgan fingerprint density at radius 2 is 2.05 bits per heavy atom. The molecule has 1 aromatic carbocycles. The monoisotopic (exact) mass is 376 g/mol. The summed E-state index contributed by atoms with van der Waals surface area (Å²) in [7, 11) is -2.39. The van der Waals surface area contributed by atoms with E-state index in [1.807, 2.05) is 0 Å². The molecule has 0 aliphatic rings. The minimum atomic E-state index is -3.85. The number of pyridine rings is 1. The maximum atomic E-state index is 12.3. The number of aromatic nitrogens is 1. The molecule has 0 aliphatic heterocycles. The number of para-hydroxylation sites is 2. The molecule has 0 aliphatic carbocycles. The molecule has 0 saturated carbocycles. The first-order valence-corrected chi connectivity index (χ1v) is 8.06. The first kappa shape index (κ1) is 15.1. The minimum absolute atomic E-state index is 0.101. The van der Waals surface area contributed by atoms with Crippen LogP contribution in [0.2, 0.25) is 5.15 Å². The summed E-state index contributed by atoms with van der Waals surface area (Å²) in [4.78, 5) is 3.69. The van der Waals surface area contributed by atoms with Crippen LogP contribution in [0, 0.1) is 0 Å². The molecule has 0 fully saturated rings. The zero-order chi connectivity index (χ0) is 14.8. The lowest BCUT2D eigenvalue weighted by Gasteiger charge is -2.12. The van der Waals surface area contributed by atoms with Crippen molar-refractivity contribution >= 4 is 43.2 Å². The number of nitrogens with one attached hydrogen (secondary N) is 1. The number of ether oxygens (including phenoxy) is 1. The molecule has 2 aromatic rings. The van der Waals surface area contributed by atoms with Crippen molar-refractivity contribution in [2.24, 2.45) is 0 Å². The van der Waals surface area contributed by atoms with E-state index in [2.05, 4.69) is 25.6 Å². The van der Waals surface area contributed by atoms with Gasteiger partial charge in [0.1, 0.15) is 15.8 Å². The summed E-state index contributed by atoms with van der Waals surface area (Å²) in [6.45, 7) is 0. The predicted molar refractivity (Wildman–Crippen MR) is 80.7 cm³/mol. The molecule has 0 amide bonds. The first-order chi connectivity index (χ1) is 9.44. The molecule has 0 atom stereocenters. The standard InChI is InChI=1S/C12H10BrClN2O3S/c1-19-10-5-3-2-4-9(10)16-20(17,18)11-6-8(13)7-15-12(11)14/h2-7,16H,1H3.